The molecule has 0 bridgehead atoms. The van der Waals surface area contributed by atoms with Crippen molar-refractivity contribution in [2.75, 3.05) is 36.5 Å². The molecule has 5 heterocycles. The molecule has 2 N–H and O–H groups in total. The van der Waals surface area contributed by atoms with Crippen LogP contribution in [0.1, 0.15) is 32.1 Å². The number of hydrogen-bond acceptors (Lipinski definition) is 10. The van der Waals surface area contributed by atoms with Gasteiger partial charge in [0, 0.05) is 35.9 Å². The number of hydrogen-bond donors (Lipinski definition) is 2. The van der Waals surface area contributed by atoms with Crippen molar-refractivity contribution in [3.63, 3.8) is 0 Å². The van der Waals surface area contributed by atoms with E-state index < -0.39 is 5.91 Å². The number of halogens is 1. The third kappa shape index (κ3) is 6.38. The lowest BCUT2D eigenvalue weighted by Gasteiger charge is -2.30. The van der Waals surface area contributed by atoms with Gasteiger partial charge in [0.2, 0.25) is 0 Å². The van der Waals surface area contributed by atoms with Crippen LogP contribution in [0.25, 0.3) is 11.3 Å². The van der Waals surface area contributed by atoms with Gasteiger partial charge in [-0.25, -0.2) is 0 Å². The molecule has 0 aliphatic carbocycles. The van der Waals surface area contributed by atoms with E-state index in [2.05, 4.69) is 21.5 Å². The van der Waals surface area contributed by atoms with Crippen molar-refractivity contribution < 1.29 is 14.6 Å². The zero-order valence-electron chi connectivity index (χ0n) is 24.0. The highest BCUT2D eigenvalue weighted by atomic mass is 35.5. The van der Waals surface area contributed by atoms with Gasteiger partial charge in [0.25, 0.3) is 11.5 Å². The minimum atomic E-state index is -0.530. The van der Waals surface area contributed by atoms with Crippen molar-refractivity contribution in [2.24, 2.45) is 0 Å². The Hall–Kier alpha value is -4.80. The topological polar surface area (TPSA) is 138 Å². The van der Waals surface area contributed by atoms with Crippen molar-refractivity contribution in [3.8, 4) is 17.3 Å². The smallest absolute Gasteiger partial charge is 0.280 e. The second-order valence-electron chi connectivity index (χ2n) is 10.2. The van der Waals surface area contributed by atoms with Gasteiger partial charge in [-0.2, -0.15) is 15.0 Å². The van der Waals surface area contributed by atoms with Gasteiger partial charge in [0.1, 0.15) is 17.3 Å². The number of morpholine rings is 1. The second kappa shape index (κ2) is 13.5. The SMILES string of the molecule is N#Cc1c(-c2c(N3CCOCC3)ccn(Cc3ccccn3)c2=O)nn(C(=O)c2cccc(CO)c2)c1NCc1ccc(Cl)s1. The number of thiophene rings is 1. The summed E-state index contributed by atoms with van der Waals surface area (Å²) in [5.74, 6) is -0.388. The number of nitrogens with one attached hydrogen (secondary N) is 1. The van der Waals surface area contributed by atoms with Crippen LogP contribution in [0.4, 0.5) is 11.5 Å². The van der Waals surface area contributed by atoms with Gasteiger partial charge in [-0.15, -0.1) is 11.3 Å². The summed E-state index contributed by atoms with van der Waals surface area (Å²) in [6.45, 7) is 2.25. The van der Waals surface area contributed by atoms with E-state index in [9.17, 15) is 20.0 Å². The molecule has 1 saturated heterocycles. The summed E-state index contributed by atoms with van der Waals surface area (Å²) >= 11 is 7.51. The Morgan fingerprint density at radius 2 is 1.98 bits per heavy atom. The van der Waals surface area contributed by atoms with E-state index in [1.165, 1.54) is 15.9 Å². The molecule has 4 aromatic heterocycles. The number of pyridine rings is 2. The van der Waals surface area contributed by atoms with Crippen molar-refractivity contribution in [1.29, 1.82) is 5.26 Å². The van der Waals surface area contributed by atoms with E-state index in [1.807, 2.05) is 29.2 Å². The molecule has 1 aromatic carbocycles. The maximum absolute atomic E-state index is 14.3. The Labute approximate surface area is 267 Å². The standard InChI is InChI=1S/C32H28ClN7O4S/c33-27-8-7-24(45-27)18-36-30-25(17-34)29(37-40(30)31(42)22-5-3-4-21(16-22)20-41)28-26(38-12-14-44-15-13-38)9-11-39(32(28)43)19-23-6-1-2-10-35-23/h1-11,16,36,41H,12-15,18-20H2. The molecule has 5 aromatic rings. The minimum Gasteiger partial charge on any atom is -0.392 e. The molecule has 228 valence electrons. The van der Waals surface area contributed by atoms with Crippen LogP contribution in [0.5, 0.6) is 0 Å². The van der Waals surface area contributed by atoms with Crippen LogP contribution >= 0.6 is 22.9 Å². The molecule has 11 nitrogen and oxygen atoms in total. The number of carbonyl (C=O) groups is 1. The molecular weight excluding hydrogens is 614 g/mol. The van der Waals surface area contributed by atoms with E-state index in [-0.39, 0.29) is 53.5 Å². The maximum Gasteiger partial charge on any atom is 0.280 e. The summed E-state index contributed by atoms with van der Waals surface area (Å²) in [7, 11) is 0. The van der Waals surface area contributed by atoms with Crippen LogP contribution in [0.15, 0.2) is 77.9 Å². The predicted octanol–water partition coefficient (Wildman–Crippen LogP) is 4.37. The summed E-state index contributed by atoms with van der Waals surface area (Å²) in [4.78, 5) is 35.5. The molecule has 1 aliphatic heterocycles. The number of carbonyl (C=O) groups excluding carboxylic acids is 1. The molecule has 45 heavy (non-hydrogen) atoms. The third-order valence-electron chi connectivity index (χ3n) is 7.40. The number of aliphatic hydroxyl groups is 1. The summed E-state index contributed by atoms with van der Waals surface area (Å²) in [6, 6.07) is 19.7. The van der Waals surface area contributed by atoms with Gasteiger partial charge in [0.15, 0.2) is 5.82 Å². The molecular formula is C32H28ClN7O4S. The monoisotopic (exact) mass is 641 g/mol. The van der Waals surface area contributed by atoms with E-state index in [0.717, 1.165) is 9.56 Å². The van der Waals surface area contributed by atoms with Gasteiger partial charge in [0.05, 0.1) is 54.2 Å². The lowest BCUT2D eigenvalue weighted by Crippen LogP contribution is -2.38. The Morgan fingerprint density at radius 1 is 1.13 bits per heavy atom. The lowest BCUT2D eigenvalue weighted by molar-refractivity contribution is 0.0947. The third-order valence-corrected chi connectivity index (χ3v) is 8.63. The van der Waals surface area contributed by atoms with Gasteiger partial charge in [-0.3, -0.25) is 14.6 Å². The largest absolute Gasteiger partial charge is 0.392 e. The van der Waals surface area contributed by atoms with Gasteiger partial charge in [-0.1, -0.05) is 29.8 Å². The molecule has 1 fully saturated rings. The number of nitrogens with zero attached hydrogens (tertiary/aromatic N) is 6. The number of rotatable bonds is 9. The Morgan fingerprint density at radius 3 is 2.69 bits per heavy atom. The summed E-state index contributed by atoms with van der Waals surface area (Å²) < 4.78 is 8.81. The zero-order valence-corrected chi connectivity index (χ0v) is 25.6. The molecule has 0 spiro atoms. The fourth-order valence-electron chi connectivity index (χ4n) is 5.20. The minimum absolute atomic E-state index is 0.0477. The quantitative estimate of drug-likeness (QED) is 0.240. The molecule has 0 amide bonds. The van der Waals surface area contributed by atoms with Crippen LogP contribution in [0.3, 0.4) is 0 Å². The van der Waals surface area contributed by atoms with Crippen molar-refractivity contribution in [2.45, 2.75) is 19.7 Å². The first-order valence-electron chi connectivity index (χ1n) is 14.2. The Balaban J connectivity index is 1.54. The van der Waals surface area contributed by atoms with Gasteiger partial charge >= 0.3 is 0 Å². The number of aromatic nitrogens is 4. The lowest BCUT2D eigenvalue weighted by atomic mass is 10.1. The highest BCUT2D eigenvalue weighted by molar-refractivity contribution is 7.16. The van der Waals surface area contributed by atoms with E-state index >= 15 is 0 Å². The van der Waals surface area contributed by atoms with Crippen LogP contribution < -0.4 is 15.8 Å². The summed E-state index contributed by atoms with van der Waals surface area (Å²) in [5, 5.41) is 28.1. The first-order chi connectivity index (χ1) is 22.0. The number of nitriles is 1. The number of ether oxygens (including phenoxy) is 1. The zero-order chi connectivity index (χ0) is 31.3. The number of benzene rings is 1. The molecule has 6 rings (SSSR count). The molecule has 13 heteroatoms. The number of anilines is 2. The van der Waals surface area contributed by atoms with E-state index in [0.29, 0.717) is 47.6 Å². The average Bonchev–Trinajstić information content (AvgIpc) is 3.67. The normalized spacial score (nSPS) is 13.0. The van der Waals surface area contributed by atoms with Crippen LogP contribution in [0.2, 0.25) is 4.34 Å². The van der Waals surface area contributed by atoms with E-state index in [1.54, 1.807) is 48.8 Å². The molecule has 1 aliphatic rings. The van der Waals surface area contributed by atoms with Crippen molar-refractivity contribution in [3.05, 3.63) is 115 Å². The molecule has 0 atom stereocenters. The predicted molar refractivity (Wildman–Crippen MR) is 172 cm³/mol. The highest BCUT2D eigenvalue weighted by Gasteiger charge is 2.29. The van der Waals surface area contributed by atoms with Crippen molar-refractivity contribution in [1.82, 2.24) is 19.3 Å². The summed E-state index contributed by atoms with van der Waals surface area (Å²) in [5.41, 5.74) is 2.04. The average molecular weight is 642 g/mol. The molecule has 0 radical (unpaired) electrons. The van der Waals surface area contributed by atoms with Crippen molar-refractivity contribution >= 4 is 40.4 Å². The second-order valence-corrected chi connectivity index (χ2v) is 12.0. The van der Waals surface area contributed by atoms with Gasteiger partial charge < -0.3 is 24.6 Å². The summed E-state index contributed by atoms with van der Waals surface area (Å²) in [6.07, 6.45) is 3.37. The molecule has 0 saturated carbocycles. The first kappa shape index (κ1) is 30.2. The fourth-order valence-corrected chi connectivity index (χ4v) is 6.22. The molecule has 0 unspecified atom stereocenters. The number of aliphatic hydroxyl groups excluding tert-OH is 1. The van der Waals surface area contributed by atoms with E-state index in [4.69, 9.17) is 16.3 Å². The van der Waals surface area contributed by atoms with Crippen LogP contribution in [0, 0.1) is 11.3 Å². The maximum atomic E-state index is 14.3. The highest BCUT2D eigenvalue weighted by Crippen LogP contribution is 2.34. The van der Waals surface area contributed by atoms with Crippen LogP contribution in [-0.4, -0.2) is 56.6 Å². The fraction of sp³-hybridized carbons (Fsp3) is 0.219. The van der Waals surface area contributed by atoms with Gasteiger partial charge in [-0.05, 0) is 48.0 Å². The van der Waals surface area contributed by atoms with Crippen LogP contribution in [-0.2, 0) is 24.4 Å². The first-order valence-corrected chi connectivity index (χ1v) is 15.4. The Kier molecular flexibility index (Phi) is 9.04. The Bertz CT molecular complexity index is 1940.